The predicted octanol–water partition coefficient (Wildman–Crippen LogP) is 3.02. The van der Waals surface area contributed by atoms with Gasteiger partial charge in [0.2, 0.25) is 0 Å². The highest BCUT2D eigenvalue weighted by molar-refractivity contribution is 5.93. The summed E-state index contributed by atoms with van der Waals surface area (Å²) in [5, 5.41) is 8.60. The third kappa shape index (κ3) is 3.98. The monoisotopic (exact) mass is 358 g/mol. The second kappa shape index (κ2) is 7.71. The van der Waals surface area contributed by atoms with Gasteiger partial charge in [0.25, 0.3) is 5.91 Å². The number of amides is 1. The van der Waals surface area contributed by atoms with Crippen LogP contribution < -0.4 is 5.32 Å². The highest BCUT2D eigenvalue weighted by Crippen LogP contribution is 2.31. The van der Waals surface area contributed by atoms with E-state index in [1.807, 2.05) is 14.1 Å². The molecule has 2 saturated carbocycles. The van der Waals surface area contributed by atoms with Crippen molar-refractivity contribution in [2.45, 2.75) is 76.8 Å². The van der Waals surface area contributed by atoms with Gasteiger partial charge in [-0.25, -0.2) is 0 Å². The predicted molar refractivity (Wildman–Crippen MR) is 103 cm³/mol. The lowest BCUT2D eigenvalue weighted by molar-refractivity contribution is 0.0819. The zero-order chi connectivity index (χ0) is 18.1. The summed E-state index contributed by atoms with van der Waals surface area (Å²) in [6.07, 6.45) is 12.7. The van der Waals surface area contributed by atoms with Gasteiger partial charge < -0.3 is 10.2 Å². The molecule has 2 fully saturated rings. The molecule has 1 N–H and O–H groups in total. The Morgan fingerprint density at radius 1 is 1.12 bits per heavy atom. The molecule has 5 heteroatoms. The smallest absolute Gasteiger partial charge is 0.274 e. The fourth-order valence-electron chi connectivity index (χ4n) is 4.67. The first-order valence-corrected chi connectivity index (χ1v) is 10.7. The molecular formula is C21H34N4O. The number of carbonyl (C=O) groups is 1. The molecule has 1 aromatic heterocycles. The third-order valence-electron chi connectivity index (χ3n) is 6.50. The van der Waals surface area contributed by atoms with Crippen LogP contribution in [0.25, 0.3) is 0 Å². The summed E-state index contributed by atoms with van der Waals surface area (Å²) in [6, 6.07) is 0.504. The molecule has 1 unspecified atom stereocenters. The highest BCUT2D eigenvalue weighted by Gasteiger charge is 2.31. The number of carbonyl (C=O) groups excluding carboxylic acids is 1. The average molecular weight is 359 g/mol. The van der Waals surface area contributed by atoms with Crippen LogP contribution in [0.5, 0.6) is 0 Å². The molecule has 0 aliphatic heterocycles. The quantitative estimate of drug-likeness (QED) is 0.850. The van der Waals surface area contributed by atoms with Crippen LogP contribution in [-0.4, -0.2) is 47.3 Å². The molecule has 3 aliphatic rings. The van der Waals surface area contributed by atoms with Crippen LogP contribution >= 0.6 is 0 Å². The average Bonchev–Trinajstić information content (AvgIpc) is 3.42. The maximum atomic E-state index is 12.7. The summed E-state index contributed by atoms with van der Waals surface area (Å²) in [4.78, 5) is 14.4. The topological polar surface area (TPSA) is 50.2 Å². The molecule has 1 heterocycles. The molecule has 1 aromatic rings. The van der Waals surface area contributed by atoms with E-state index in [1.54, 1.807) is 4.90 Å². The van der Waals surface area contributed by atoms with Crippen LogP contribution in [0.2, 0.25) is 0 Å². The van der Waals surface area contributed by atoms with E-state index in [1.165, 1.54) is 62.6 Å². The van der Waals surface area contributed by atoms with Crippen molar-refractivity contribution in [3.05, 3.63) is 17.0 Å². The van der Waals surface area contributed by atoms with Gasteiger partial charge >= 0.3 is 0 Å². The van der Waals surface area contributed by atoms with Gasteiger partial charge in [-0.05, 0) is 63.3 Å². The summed E-state index contributed by atoms with van der Waals surface area (Å²) < 4.78 is 2.21. The molecule has 5 nitrogen and oxygen atoms in total. The second-order valence-corrected chi connectivity index (χ2v) is 8.95. The summed E-state index contributed by atoms with van der Waals surface area (Å²) >= 11 is 0. The van der Waals surface area contributed by atoms with Gasteiger partial charge in [0.15, 0.2) is 5.69 Å². The van der Waals surface area contributed by atoms with Gasteiger partial charge in [0, 0.05) is 37.9 Å². The summed E-state index contributed by atoms with van der Waals surface area (Å²) in [7, 11) is 3.67. The number of hydrogen-bond donors (Lipinski definition) is 1. The lowest BCUT2D eigenvalue weighted by Crippen LogP contribution is -2.36. The number of aromatic nitrogens is 2. The first-order chi connectivity index (χ1) is 12.6. The minimum absolute atomic E-state index is 0.0616. The summed E-state index contributed by atoms with van der Waals surface area (Å²) in [5.41, 5.74) is 3.27. The van der Waals surface area contributed by atoms with Crippen molar-refractivity contribution in [3.8, 4) is 0 Å². The van der Waals surface area contributed by atoms with E-state index in [2.05, 4.69) is 10.00 Å². The third-order valence-corrected chi connectivity index (χ3v) is 6.50. The number of rotatable bonds is 6. The Bertz CT molecular complexity index is 641. The summed E-state index contributed by atoms with van der Waals surface area (Å²) in [5.74, 6) is 1.69. The Balaban J connectivity index is 1.53. The Morgan fingerprint density at radius 3 is 2.58 bits per heavy atom. The second-order valence-electron chi connectivity index (χ2n) is 8.95. The number of fused-ring (bicyclic) bond motifs is 1. The minimum atomic E-state index is 0.0616. The first kappa shape index (κ1) is 18.0. The van der Waals surface area contributed by atoms with Crippen molar-refractivity contribution < 1.29 is 4.79 Å². The molecule has 1 amide bonds. The molecule has 144 valence electrons. The zero-order valence-electron chi connectivity index (χ0n) is 16.5. The molecule has 0 saturated heterocycles. The largest absolute Gasteiger partial charge is 0.343 e. The normalized spacial score (nSPS) is 23.7. The molecule has 0 spiro atoms. The minimum Gasteiger partial charge on any atom is -0.343 e. The van der Waals surface area contributed by atoms with Crippen molar-refractivity contribution in [1.82, 2.24) is 20.0 Å². The van der Waals surface area contributed by atoms with E-state index in [-0.39, 0.29) is 5.91 Å². The van der Waals surface area contributed by atoms with Gasteiger partial charge in [0.05, 0.1) is 0 Å². The molecule has 0 radical (unpaired) electrons. The maximum absolute atomic E-state index is 12.7. The van der Waals surface area contributed by atoms with E-state index in [4.69, 9.17) is 5.10 Å². The Hall–Kier alpha value is -1.36. The number of nitrogens with one attached hydrogen (secondary N) is 1. The van der Waals surface area contributed by atoms with Crippen molar-refractivity contribution in [3.63, 3.8) is 0 Å². The molecule has 26 heavy (non-hydrogen) atoms. The van der Waals surface area contributed by atoms with E-state index in [0.717, 1.165) is 37.8 Å². The maximum Gasteiger partial charge on any atom is 0.274 e. The fourth-order valence-corrected chi connectivity index (χ4v) is 4.67. The van der Waals surface area contributed by atoms with Crippen molar-refractivity contribution in [2.24, 2.45) is 11.8 Å². The van der Waals surface area contributed by atoms with Crippen LogP contribution in [-0.2, 0) is 19.4 Å². The van der Waals surface area contributed by atoms with E-state index >= 15 is 0 Å². The van der Waals surface area contributed by atoms with Gasteiger partial charge in [0.1, 0.15) is 0 Å². The van der Waals surface area contributed by atoms with Crippen LogP contribution in [0, 0.1) is 11.8 Å². The van der Waals surface area contributed by atoms with E-state index in [9.17, 15) is 4.79 Å². The van der Waals surface area contributed by atoms with Crippen molar-refractivity contribution in [1.29, 1.82) is 0 Å². The molecule has 0 aromatic carbocycles. The van der Waals surface area contributed by atoms with Gasteiger partial charge in [-0.15, -0.1) is 0 Å². The van der Waals surface area contributed by atoms with Crippen LogP contribution in [0.3, 0.4) is 0 Å². The standard InChI is InChI=1S/C21H34N4O/c1-24(2)21(26)20-18-12-17(22-13-15-8-9-15)10-11-19(18)25(23-20)14-16-6-4-3-5-7-16/h15-17,22H,3-14H2,1-2H3. The van der Waals surface area contributed by atoms with E-state index in [0.29, 0.717) is 11.7 Å². The first-order valence-electron chi connectivity index (χ1n) is 10.7. The van der Waals surface area contributed by atoms with Crippen LogP contribution in [0.1, 0.15) is 73.1 Å². The van der Waals surface area contributed by atoms with Gasteiger partial charge in [-0.1, -0.05) is 19.3 Å². The van der Waals surface area contributed by atoms with Crippen LogP contribution in [0.4, 0.5) is 0 Å². The lowest BCUT2D eigenvalue weighted by atomic mass is 9.88. The number of hydrogen-bond acceptors (Lipinski definition) is 3. The Morgan fingerprint density at radius 2 is 1.88 bits per heavy atom. The number of nitrogens with zero attached hydrogens (tertiary/aromatic N) is 3. The Labute approximate surface area is 157 Å². The van der Waals surface area contributed by atoms with E-state index < -0.39 is 0 Å². The lowest BCUT2D eigenvalue weighted by Gasteiger charge is -2.26. The van der Waals surface area contributed by atoms with Crippen LogP contribution in [0.15, 0.2) is 0 Å². The molecule has 1 atom stereocenters. The van der Waals surface area contributed by atoms with Gasteiger partial charge in [-0.3, -0.25) is 9.48 Å². The van der Waals surface area contributed by atoms with Gasteiger partial charge in [-0.2, -0.15) is 5.10 Å². The van der Waals surface area contributed by atoms with Crippen molar-refractivity contribution >= 4 is 5.91 Å². The molecule has 3 aliphatic carbocycles. The summed E-state index contributed by atoms with van der Waals surface area (Å²) in [6.45, 7) is 2.15. The molecule has 0 bridgehead atoms. The zero-order valence-corrected chi connectivity index (χ0v) is 16.5. The Kier molecular flexibility index (Phi) is 5.35. The van der Waals surface area contributed by atoms with Crippen molar-refractivity contribution in [2.75, 3.05) is 20.6 Å². The SMILES string of the molecule is CN(C)C(=O)c1nn(CC2CCCCC2)c2c1CC(NCC1CC1)CC2. The fraction of sp³-hybridized carbons (Fsp3) is 0.810. The molecule has 4 rings (SSSR count). The molecular weight excluding hydrogens is 324 g/mol. The highest BCUT2D eigenvalue weighted by atomic mass is 16.2.